The van der Waals surface area contributed by atoms with Gasteiger partial charge in [-0.3, -0.25) is 0 Å². The maximum Gasteiger partial charge on any atom is 0.122 e. The Morgan fingerprint density at radius 3 is 2.55 bits per heavy atom. The number of aliphatic hydroxyl groups is 2. The number of hydrogen-bond donors (Lipinski definition) is 3. The van der Waals surface area contributed by atoms with Gasteiger partial charge in [-0.05, 0) is 42.0 Å². The Balaban J connectivity index is 2.97. The molecule has 0 fully saturated rings. The molecule has 20 heavy (non-hydrogen) atoms. The zero-order valence-corrected chi connectivity index (χ0v) is 12.7. The largest absolute Gasteiger partial charge is 0.493 e. The van der Waals surface area contributed by atoms with E-state index < -0.39 is 12.1 Å². The summed E-state index contributed by atoms with van der Waals surface area (Å²) in [6.45, 7) is 6.93. The SMILES string of the molecule is CCCOc1ccc(C(O)C(N)CCO)cc1C(C)C. The highest BCUT2D eigenvalue weighted by Crippen LogP contribution is 2.30. The molecular weight excluding hydrogens is 254 g/mol. The highest BCUT2D eigenvalue weighted by Gasteiger charge is 2.19. The van der Waals surface area contributed by atoms with Crippen molar-refractivity contribution in [3.05, 3.63) is 29.3 Å². The maximum absolute atomic E-state index is 10.2. The van der Waals surface area contributed by atoms with E-state index in [1.54, 1.807) is 0 Å². The van der Waals surface area contributed by atoms with Crippen molar-refractivity contribution in [3.8, 4) is 5.75 Å². The molecule has 0 aliphatic heterocycles. The second kappa shape index (κ2) is 8.25. The van der Waals surface area contributed by atoms with E-state index in [0.29, 0.717) is 18.9 Å². The van der Waals surface area contributed by atoms with E-state index in [-0.39, 0.29) is 6.61 Å². The third-order valence-corrected chi connectivity index (χ3v) is 3.33. The second-order valence-corrected chi connectivity index (χ2v) is 5.42. The molecule has 4 nitrogen and oxygen atoms in total. The van der Waals surface area contributed by atoms with Crippen LogP contribution in [0.15, 0.2) is 18.2 Å². The van der Waals surface area contributed by atoms with E-state index in [2.05, 4.69) is 20.8 Å². The van der Waals surface area contributed by atoms with Crippen molar-refractivity contribution in [1.82, 2.24) is 0 Å². The van der Waals surface area contributed by atoms with Crippen LogP contribution < -0.4 is 10.5 Å². The summed E-state index contributed by atoms with van der Waals surface area (Å²) in [6.07, 6.45) is 0.579. The van der Waals surface area contributed by atoms with Gasteiger partial charge in [0.15, 0.2) is 0 Å². The van der Waals surface area contributed by atoms with Gasteiger partial charge in [0.05, 0.1) is 12.7 Å². The second-order valence-electron chi connectivity index (χ2n) is 5.42. The van der Waals surface area contributed by atoms with Gasteiger partial charge >= 0.3 is 0 Å². The van der Waals surface area contributed by atoms with Crippen molar-refractivity contribution in [2.45, 2.75) is 51.7 Å². The number of rotatable bonds is 8. The molecule has 0 aliphatic rings. The van der Waals surface area contributed by atoms with Gasteiger partial charge in [-0.1, -0.05) is 26.8 Å². The number of benzene rings is 1. The first-order chi connectivity index (χ1) is 9.51. The van der Waals surface area contributed by atoms with Crippen LogP contribution in [0.1, 0.15) is 56.8 Å². The zero-order valence-electron chi connectivity index (χ0n) is 12.7. The van der Waals surface area contributed by atoms with E-state index >= 15 is 0 Å². The zero-order chi connectivity index (χ0) is 15.1. The van der Waals surface area contributed by atoms with E-state index in [0.717, 1.165) is 23.3 Å². The summed E-state index contributed by atoms with van der Waals surface area (Å²) in [6, 6.07) is 5.24. The number of aliphatic hydroxyl groups excluding tert-OH is 2. The summed E-state index contributed by atoms with van der Waals surface area (Å²) in [5.74, 6) is 1.18. The van der Waals surface area contributed by atoms with Crippen molar-refractivity contribution >= 4 is 0 Å². The van der Waals surface area contributed by atoms with E-state index in [1.807, 2.05) is 18.2 Å². The van der Waals surface area contributed by atoms with Crippen LogP contribution in [0.5, 0.6) is 5.75 Å². The minimum absolute atomic E-state index is 0.0209. The lowest BCUT2D eigenvalue weighted by molar-refractivity contribution is 0.129. The minimum atomic E-state index is -0.764. The van der Waals surface area contributed by atoms with Crippen LogP contribution in [-0.4, -0.2) is 29.5 Å². The molecule has 0 aliphatic carbocycles. The molecule has 2 atom stereocenters. The molecule has 1 aromatic carbocycles. The molecule has 4 heteroatoms. The average Bonchev–Trinajstić information content (AvgIpc) is 2.44. The van der Waals surface area contributed by atoms with Crippen LogP contribution in [0, 0.1) is 0 Å². The van der Waals surface area contributed by atoms with Crippen LogP contribution >= 0.6 is 0 Å². The van der Waals surface area contributed by atoms with Crippen LogP contribution in [0.3, 0.4) is 0 Å². The summed E-state index contributed by atoms with van der Waals surface area (Å²) in [7, 11) is 0. The van der Waals surface area contributed by atoms with Gasteiger partial charge in [0.1, 0.15) is 5.75 Å². The summed E-state index contributed by atoms with van der Waals surface area (Å²) >= 11 is 0. The molecule has 0 saturated heterocycles. The average molecular weight is 281 g/mol. The minimum Gasteiger partial charge on any atom is -0.493 e. The smallest absolute Gasteiger partial charge is 0.122 e. The highest BCUT2D eigenvalue weighted by molar-refractivity contribution is 5.40. The predicted molar refractivity (Wildman–Crippen MR) is 81.0 cm³/mol. The summed E-state index contributed by atoms with van der Waals surface area (Å²) in [5.41, 5.74) is 7.71. The lowest BCUT2D eigenvalue weighted by Gasteiger charge is -2.21. The summed E-state index contributed by atoms with van der Waals surface area (Å²) in [5, 5.41) is 19.1. The monoisotopic (exact) mass is 281 g/mol. The Hall–Kier alpha value is -1.10. The molecule has 2 unspecified atom stereocenters. The van der Waals surface area contributed by atoms with E-state index in [9.17, 15) is 5.11 Å². The molecule has 0 amide bonds. The van der Waals surface area contributed by atoms with Gasteiger partial charge in [-0.2, -0.15) is 0 Å². The molecule has 0 saturated carbocycles. The number of ether oxygens (including phenoxy) is 1. The Morgan fingerprint density at radius 1 is 1.30 bits per heavy atom. The highest BCUT2D eigenvalue weighted by atomic mass is 16.5. The predicted octanol–water partition coefficient (Wildman–Crippen LogP) is 2.34. The van der Waals surface area contributed by atoms with Crippen LogP contribution in [0.25, 0.3) is 0 Å². The quantitative estimate of drug-likeness (QED) is 0.683. The first kappa shape index (κ1) is 17.0. The Bertz CT molecular complexity index is 407. The Morgan fingerprint density at radius 2 is 2.00 bits per heavy atom. The van der Waals surface area contributed by atoms with Crippen molar-refractivity contribution < 1.29 is 14.9 Å². The molecule has 114 valence electrons. The van der Waals surface area contributed by atoms with E-state index in [4.69, 9.17) is 15.6 Å². The standard InChI is InChI=1S/C16H27NO3/c1-4-9-20-15-6-5-12(10-13(15)11(2)3)16(19)14(17)7-8-18/h5-6,10-11,14,16,18-19H,4,7-9,17H2,1-3H3. The topological polar surface area (TPSA) is 75.7 Å². The fraction of sp³-hybridized carbons (Fsp3) is 0.625. The Labute approximate surface area is 121 Å². The van der Waals surface area contributed by atoms with Crippen LogP contribution in [-0.2, 0) is 0 Å². The molecule has 0 spiro atoms. The van der Waals surface area contributed by atoms with Crippen LogP contribution in [0.2, 0.25) is 0 Å². The third-order valence-electron chi connectivity index (χ3n) is 3.33. The summed E-state index contributed by atoms with van der Waals surface area (Å²) in [4.78, 5) is 0. The number of hydrogen-bond acceptors (Lipinski definition) is 4. The molecule has 0 bridgehead atoms. The molecule has 0 aromatic heterocycles. The van der Waals surface area contributed by atoms with Gasteiger partial charge in [0.2, 0.25) is 0 Å². The van der Waals surface area contributed by atoms with Crippen molar-refractivity contribution in [1.29, 1.82) is 0 Å². The summed E-state index contributed by atoms with van der Waals surface area (Å²) < 4.78 is 5.74. The molecule has 1 rings (SSSR count). The van der Waals surface area contributed by atoms with Crippen LogP contribution in [0.4, 0.5) is 0 Å². The Kier molecular flexibility index (Phi) is 6.99. The van der Waals surface area contributed by atoms with Gasteiger partial charge in [0.25, 0.3) is 0 Å². The normalized spacial score (nSPS) is 14.3. The first-order valence-electron chi connectivity index (χ1n) is 7.32. The first-order valence-corrected chi connectivity index (χ1v) is 7.32. The van der Waals surface area contributed by atoms with E-state index in [1.165, 1.54) is 0 Å². The third kappa shape index (κ3) is 4.47. The van der Waals surface area contributed by atoms with Gasteiger partial charge < -0.3 is 20.7 Å². The lowest BCUT2D eigenvalue weighted by atomic mass is 9.94. The van der Waals surface area contributed by atoms with Crippen molar-refractivity contribution in [2.75, 3.05) is 13.2 Å². The molecule has 1 aromatic rings. The number of nitrogens with two attached hydrogens (primary N) is 1. The molecule has 0 radical (unpaired) electrons. The molecular formula is C16H27NO3. The molecule has 4 N–H and O–H groups in total. The van der Waals surface area contributed by atoms with Gasteiger partial charge in [0, 0.05) is 12.6 Å². The molecule has 0 heterocycles. The fourth-order valence-electron chi connectivity index (χ4n) is 2.10. The lowest BCUT2D eigenvalue weighted by Crippen LogP contribution is -2.29. The van der Waals surface area contributed by atoms with Gasteiger partial charge in [-0.15, -0.1) is 0 Å². The van der Waals surface area contributed by atoms with Crippen molar-refractivity contribution in [3.63, 3.8) is 0 Å². The van der Waals surface area contributed by atoms with Gasteiger partial charge in [-0.25, -0.2) is 0 Å². The van der Waals surface area contributed by atoms with Crippen molar-refractivity contribution in [2.24, 2.45) is 5.73 Å². The maximum atomic E-state index is 10.2. The fourth-order valence-corrected chi connectivity index (χ4v) is 2.10.